The minimum atomic E-state index is -0.313. The second-order valence-corrected chi connectivity index (χ2v) is 8.40. The molecule has 6 nitrogen and oxygen atoms in total. The molecule has 0 aliphatic rings. The number of aromatic nitrogens is 3. The lowest BCUT2D eigenvalue weighted by molar-refractivity contribution is 0.102. The summed E-state index contributed by atoms with van der Waals surface area (Å²) in [7, 11) is 0. The fourth-order valence-electron chi connectivity index (χ4n) is 3.86. The topological polar surface area (TPSA) is 83.6 Å². The van der Waals surface area contributed by atoms with Gasteiger partial charge in [0.25, 0.3) is 5.91 Å². The Morgan fingerprint density at radius 3 is 2.33 bits per heavy atom. The van der Waals surface area contributed by atoms with Crippen LogP contribution in [0.5, 0.6) is 0 Å². The van der Waals surface area contributed by atoms with Crippen LogP contribution in [0.25, 0.3) is 22.2 Å². The number of benzene rings is 3. The summed E-state index contributed by atoms with van der Waals surface area (Å²) in [5.74, 6) is 0.0896. The molecule has 5 rings (SSSR count). The number of para-hydroxylation sites is 2. The Hall–Kier alpha value is -4.02. The summed E-state index contributed by atoms with van der Waals surface area (Å²) in [5, 5.41) is 13.0. The van der Waals surface area contributed by atoms with Crippen LogP contribution in [0.15, 0.2) is 83.3 Å². The van der Waals surface area contributed by atoms with Crippen LogP contribution in [0, 0.1) is 11.3 Å². The molecule has 0 saturated carbocycles. The van der Waals surface area contributed by atoms with E-state index in [0.29, 0.717) is 51.1 Å². The van der Waals surface area contributed by atoms with Crippen molar-refractivity contribution in [3.05, 3.63) is 100 Å². The molecular weight excluding hydrogens is 478 g/mol. The Bertz CT molecular complexity index is 1540. The molecule has 160 valence electrons. The molecule has 0 atom stereocenters. The maximum atomic E-state index is 13.1. The quantitative estimate of drug-likeness (QED) is 0.338. The van der Waals surface area contributed by atoms with Crippen LogP contribution in [-0.4, -0.2) is 20.4 Å². The number of carbonyl (C=O) groups excluding carboxylic acids is 1. The lowest BCUT2D eigenvalue weighted by atomic mass is 10.1. The first-order chi connectivity index (χ1) is 16.2. The average Bonchev–Trinajstić information content (AvgIpc) is 3.13. The van der Waals surface area contributed by atoms with Crippen LogP contribution >= 0.6 is 15.9 Å². The molecule has 0 aliphatic carbocycles. The molecule has 0 fully saturated rings. The molecule has 1 amide bonds. The molecule has 0 aliphatic heterocycles. The summed E-state index contributed by atoms with van der Waals surface area (Å²) in [6.07, 6.45) is 0.710. The summed E-state index contributed by atoms with van der Waals surface area (Å²) in [6.45, 7) is 0.529. The highest BCUT2D eigenvalue weighted by Gasteiger charge is 2.23. The van der Waals surface area contributed by atoms with Crippen molar-refractivity contribution in [2.75, 3.05) is 5.32 Å². The zero-order chi connectivity index (χ0) is 22.8. The summed E-state index contributed by atoms with van der Waals surface area (Å²) in [6, 6.07) is 27.0. The maximum Gasteiger partial charge on any atom is 0.257 e. The van der Waals surface area contributed by atoms with Gasteiger partial charge in [-0.15, -0.1) is 0 Å². The molecule has 0 saturated heterocycles. The number of hydrogen-bond donors (Lipinski definition) is 1. The third-order valence-electron chi connectivity index (χ3n) is 5.48. The van der Waals surface area contributed by atoms with Crippen molar-refractivity contribution in [1.29, 1.82) is 5.26 Å². The van der Waals surface area contributed by atoms with Crippen molar-refractivity contribution in [2.45, 2.75) is 13.0 Å². The molecule has 2 aromatic heterocycles. The predicted octanol–water partition coefficient (Wildman–Crippen LogP) is 5.71. The summed E-state index contributed by atoms with van der Waals surface area (Å²) in [4.78, 5) is 22.7. The smallest absolute Gasteiger partial charge is 0.257 e. The molecule has 1 N–H and O–H groups in total. The molecule has 0 bridgehead atoms. The lowest BCUT2D eigenvalue weighted by Crippen LogP contribution is -2.17. The molecule has 5 aromatic rings. The van der Waals surface area contributed by atoms with E-state index in [9.17, 15) is 10.1 Å². The van der Waals surface area contributed by atoms with Crippen LogP contribution < -0.4 is 5.32 Å². The van der Waals surface area contributed by atoms with E-state index in [2.05, 4.69) is 39.4 Å². The Balaban J connectivity index is 1.66. The van der Waals surface area contributed by atoms with Crippen LogP contribution in [-0.2, 0) is 13.0 Å². The van der Waals surface area contributed by atoms with Crippen molar-refractivity contribution in [3.8, 4) is 6.07 Å². The third kappa shape index (κ3) is 3.97. The number of nitrogens with one attached hydrogen (secondary N) is 1. The number of aryl methyl sites for hydroxylation is 2. The molecule has 0 spiro atoms. The number of fused-ring (bicyclic) bond motifs is 2. The zero-order valence-electron chi connectivity index (χ0n) is 17.5. The minimum Gasteiger partial charge on any atom is -0.309 e. The second kappa shape index (κ2) is 8.85. The predicted molar refractivity (Wildman–Crippen MR) is 132 cm³/mol. The Morgan fingerprint density at radius 1 is 0.939 bits per heavy atom. The van der Waals surface area contributed by atoms with Crippen LogP contribution in [0.1, 0.15) is 21.5 Å². The highest BCUT2D eigenvalue weighted by Crippen LogP contribution is 2.30. The van der Waals surface area contributed by atoms with Crippen LogP contribution in [0.4, 0.5) is 5.82 Å². The largest absolute Gasteiger partial charge is 0.309 e. The second-order valence-electron chi connectivity index (χ2n) is 7.54. The number of rotatable bonds is 5. The fourth-order valence-corrected chi connectivity index (χ4v) is 4.32. The van der Waals surface area contributed by atoms with E-state index in [1.165, 1.54) is 0 Å². The molecule has 33 heavy (non-hydrogen) atoms. The number of anilines is 1. The molecule has 2 heterocycles. The van der Waals surface area contributed by atoms with Gasteiger partial charge in [-0.25, -0.2) is 9.97 Å². The van der Waals surface area contributed by atoms with E-state index in [1.54, 1.807) is 18.2 Å². The zero-order valence-corrected chi connectivity index (χ0v) is 19.1. The van der Waals surface area contributed by atoms with Crippen molar-refractivity contribution in [2.24, 2.45) is 0 Å². The van der Waals surface area contributed by atoms with Gasteiger partial charge in [0.15, 0.2) is 5.65 Å². The van der Waals surface area contributed by atoms with E-state index >= 15 is 0 Å². The van der Waals surface area contributed by atoms with Gasteiger partial charge in [0.05, 0.1) is 16.6 Å². The van der Waals surface area contributed by atoms with Gasteiger partial charge in [0.1, 0.15) is 23.0 Å². The summed E-state index contributed by atoms with van der Waals surface area (Å²) in [5.41, 5.74) is 4.41. The standard InChI is InChI=1S/C26H18BrN5O/c27-20-11-5-4-10-18(20)26(33)31-24-19(16-28)23-25(30-22-13-7-6-12-21(22)29-23)32(24)15-14-17-8-2-1-3-9-17/h1-13H,14-15H2,(H,31,33). The van der Waals surface area contributed by atoms with Gasteiger partial charge >= 0.3 is 0 Å². The van der Waals surface area contributed by atoms with Crippen molar-refractivity contribution >= 4 is 49.9 Å². The fraction of sp³-hybridized carbons (Fsp3) is 0.0769. The number of hydrogen-bond acceptors (Lipinski definition) is 4. The van der Waals surface area contributed by atoms with Gasteiger partial charge in [-0.1, -0.05) is 54.6 Å². The summed E-state index contributed by atoms with van der Waals surface area (Å²) < 4.78 is 2.56. The number of amides is 1. The third-order valence-corrected chi connectivity index (χ3v) is 6.17. The first-order valence-electron chi connectivity index (χ1n) is 10.4. The lowest BCUT2D eigenvalue weighted by Gasteiger charge is -2.12. The van der Waals surface area contributed by atoms with Gasteiger partial charge in [-0.3, -0.25) is 4.79 Å². The number of carbonyl (C=O) groups is 1. The van der Waals surface area contributed by atoms with Crippen LogP contribution in [0.2, 0.25) is 0 Å². The van der Waals surface area contributed by atoms with E-state index in [-0.39, 0.29) is 5.91 Å². The Labute approximate surface area is 198 Å². The van der Waals surface area contributed by atoms with Gasteiger partial charge < -0.3 is 9.88 Å². The molecule has 0 radical (unpaired) electrons. The van der Waals surface area contributed by atoms with E-state index < -0.39 is 0 Å². The minimum absolute atomic E-state index is 0.303. The van der Waals surface area contributed by atoms with E-state index in [1.807, 2.05) is 53.1 Å². The number of nitriles is 1. The average molecular weight is 496 g/mol. The van der Waals surface area contributed by atoms with Gasteiger partial charge in [-0.05, 0) is 52.2 Å². The number of halogens is 1. The first-order valence-corrected chi connectivity index (χ1v) is 11.2. The first kappa shape index (κ1) is 20.9. The highest BCUT2D eigenvalue weighted by molar-refractivity contribution is 9.10. The van der Waals surface area contributed by atoms with Crippen LogP contribution in [0.3, 0.4) is 0 Å². The monoisotopic (exact) mass is 495 g/mol. The highest BCUT2D eigenvalue weighted by atomic mass is 79.9. The van der Waals surface area contributed by atoms with Gasteiger partial charge in [-0.2, -0.15) is 5.26 Å². The van der Waals surface area contributed by atoms with E-state index in [0.717, 1.165) is 11.1 Å². The van der Waals surface area contributed by atoms with Crippen molar-refractivity contribution < 1.29 is 4.79 Å². The van der Waals surface area contributed by atoms with Gasteiger partial charge in [0, 0.05) is 11.0 Å². The molecule has 0 unspecified atom stereocenters. The van der Waals surface area contributed by atoms with E-state index in [4.69, 9.17) is 9.97 Å². The molecule has 3 aromatic carbocycles. The SMILES string of the molecule is N#Cc1c(NC(=O)c2ccccc2Br)n(CCc2ccccc2)c2nc3ccccc3nc12. The Kier molecular flexibility index (Phi) is 5.59. The van der Waals surface area contributed by atoms with Crippen molar-refractivity contribution in [1.82, 2.24) is 14.5 Å². The summed E-state index contributed by atoms with van der Waals surface area (Å²) >= 11 is 3.43. The number of nitrogens with zero attached hydrogens (tertiary/aromatic N) is 4. The maximum absolute atomic E-state index is 13.1. The molecule has 7 heteroatoms. The normalized spacial score (nSPS) is 10.9. The van der Waals surface area contributed by atoms with Crippen molar-refractivity contribution in [3.63, 3.8) is 0 Å². The molecular formula is C26H18BrN5O. The van der Waals surface area contributed by atoms with Gasteiger partial charge in [0.2, 0.25) is 0 Å². The Morgan fingerprint density at radius 2 is 1.61 bits per heavy atom.